The summed E-state index contributed by atoms with van der Waals surface area (Å²) in [5.41, 5.74) is 0.402. The molecule has 1 atom stereocenters. The van der Waals surface area contributed by atoms with E-state index in [2.05, 4.69) is 10.4 Å². The largest absolute Gasteiger partial charge is 0.481 e. The first-order valence-electron chi connectivity index (χ1n) is 7.11. The van der Waals surface area contributed by atoms with Crippen LogP contribution in [0.1, 0.15) is 55.6 Å². The lowest BCUT2D eigenvalue weighted by atomic mass is 10.1. The van der Waals surface area contributed by atoms with Crippen molar-refractivity contribution < 1.29 is 14.7 Å². The second-order valence-corrected chi connectivity index (χ2v) is 5.53. The second-order valence-electron chi connectivity index (χ2n) is 5.53. The Kier molecular flexibility index (Phi) is 4.76. The van der Waals surface area contributed by atoms with E-state index in [1.807, 2.05) is 10.9 Å². The summed E-state index contributed by atoms with van der Waals surface area (Å²) in [5, 5.41) is 15.7. The van der Waals surface area contributed by atoms with E-state index < -0.39 is 5.97 Å². The highest BCUT2D eigenvalue weighted by Gasteiger charge is 2.19. The maximum absolute atomic E-state index is 11.9. The summed E-state index contributed by atoms with van der Waals surface area (Å²) < 4.78 is 1.88. The standard InChI is InChI=1S/C14H21N3O3/c1-10(8-13(18)19)9-15-14(20)12-6-7-17(16-12)11-4-2-3-5-11/h6-7,10-11H,2-5,8-9H2,1H3,(H,15,20)(H,18,19). The Morgan fingerprint density at radius 3 is 2.85 bits per heavy atom. The molecule has 1 aliphatic rings. The van der Waals surface area contributed by atoms with Gasteiger partial charge in [0.25, 0.3) is 5.91 Å². The molecule has 0 saturated heterocycles. The predicted molar refractivity (Wildman–Crippen MR) is 73.5 cm³/mol. The minimum Gasteiger partial charge on any atom is -0.481 e. The second kappa shape index (κ2) is 6.54. The van der Waals surface area contributed by atoms with Crippen LogP contribution in [0.2, 0.25) is 0 Å². The van der Waals surface area contributed by atoms with E-state index in [4.69, 9.17) is 5.11 Å². The highest BCUT2D eigenvalue weighted by Crippen LogP contribution is 2.28. The molecular formula is C14H21N3O3. The average molecular weight is 279 g/mol. The van der Waals surface area contributed by atoms with E-state index in [0.29, 0.717) is 18.3 Å². The van der Waals surface area contributed by atoms with Crippen molar-refractivity contribution in [1.29, 1.82) is 0 Å². The first-order valence-corrected chi connectivity index (χ1v) is 7.11. The van der Waals surface area contributed by atoms with E-state index in [9.17, 15) is 9.59 Å². The van der Waals surface area contributed by atoms with Crippen molar-refractivity contribution in [3.8, 4) is 0 Å². The molecule has 1 amide bonds. The number of carboxylic acids is 1. The normalized spacial score (nSPS) is 17.1. The predicted octanol–water partition coefficient (Wildman–Crippen LogP) is 1.84. The molecule has 1 aromatic rings. The molecule has 0 spiro atoms. The molecule has 0 aliphatic heterocycles. The van der Waals surface area contributed by atoms with Gasteiger partial charge < -0.3 is 10.4 Å². The van der Waals surface area contributed by atoms with Gasteiger partial charge in [-0.15, -0.1) is 0 Å². The van der Waals surface area contributed by atoms with Crippen molar-refractivity contribution in [2.24, 2.45) is 5.92 Å². The Morgan fingerprint density at radius 1 is 1.50 bits per heavy atom. The van der Waals surface area contributed by atoms with Crippen LogP contribution in [0, 0.1) is 5.92 Å². The first kappa shape index (κ1) is 14.6. The van der Waals surface area contributed by atoms with Crippen LogP contribution >= 0.6 is 0 Å². The molecule has 1 aromatic heterocycles. The fraction of sp³-hybridized carbons (Fsp3) is 0.643. The molecule has 1 unspecified atom stereocenters. The lowest BCUT2D eigenvalue weighted by Gasteiger charge is -2.10. The number of aromatic nitrogens is 2. The van der Waals surface area contributed by atoms with Crippen LogP contribution in [-0.2, 0) is 4.79 Å². The van der Waals surface area contributed by atoms with Crippen LogP contribution in [0.4, 0.5) is 0 Å². The SMILES string of the molecule is CC(CNC(=O)c1ccn(C2CCCC2)n1)CC(=O)O. The summed E-state index contributed by atoms with van der Waals surface area (Å²) in [6.07, 6.45) is 6.59. The molecule has 6 heteroatoms. The highest BCUT2D eigenvalue weighted by molar-refractivity contribution is 5.92. The van der Waals surface area contributed by atoms with Crippen molar-refractivity contribution in [3.63, 3.8) is 0 Å². The number of aliphatic carboxylic acids is 1. The molecule has 6 nitrogen and oxygen atoms in total. The fourth-order valence-corrected chi connectivity index (χ4v) is 2.56. The van der Waals surface area contributed by atoms with Crippen molar-refractivity contribution >= 4 is 11.9 Å². The van der Waals surface area contributed by atoms with Gasteiger partial charge in [0, 0.05) is 19.2 Å². The van der Waals surface area contributed by atoms with Gasteiger partial charge in [-0.25, -0.2) is 0 Å². The van der Waals surface area contributed by atoms with Crippen molar-refractivity contribution in [1.82, 2.24) is 15.1 Å². The van der Waals surface area contributed by atoms with Crippen LogP contribution in [0.15, 0.2) is 12.3 Å². The Bertz CT molecular complexity index is 478. The quantitative estimate of drug-likeness (QED) is 0.832. The van der Waals surface area contributed by atoms with E-state index in [-0.39, 0.29) is 18.2 Å². The first-order chi connectivity index (χ1) is 9.56. The van der Waals surface area contributed by atoms with Gasteiger partial charge in [-0.3, -0.25) is 14.3 Å². The van der Waals surface area contributed by atoms with Crippen LogP contribution in [0.5, 0.6) is 0 Å². The summed E-state index contributed by atoms with van der Waals surface area (Å²) in [7, 11) is 0. The monoisotopic (exact) mass is 279 g/mol. The van der Waals surface area contributed by atoms with Crippen LogP contribution < -0.4 is 5.32 Å². The van der Waals surface area contributed by atoms with Gasteiger partial charge in [0.05, 0.1) is 6.04 Å². The molecule has 0 bridgehead atoms. The lowest BCUT2D eigenvalue weighted by molar-refractivity contribution is -0.137. The zero-order chi connectivity index (χ0) is 14.5. The molecule has 1 fully saturated rings. The Hall–Kier alpha value is -1.85. The fourth-order valence-electron chi connectivity index (χ4n) is 2.56. The Morgan fingerprint density at radius 2 is 2.20 bits per heavy atom. The maximum Gasteiger partial charge on any atom is 0.303 e. The third-order valence-electron chi connectivity index (χ3n) is 3.67. The summed E-state index contributed by atoms with van der Waals surface area (Å²) in [5.74, 6) is -1.18. The average Bonchev–Trinajstić information content (AvgIpc) is 3.04. The number of nitrogens with one attached hydrogen (secondary N) is 1. The van der Waals surface area contributed by atoms with Crippen LogP contribution in [0.3, 0.4) is 0 Å². The molecule has 20 heavy (non-hydrogen) atoms. The van der Waals surface area contributed by atoms with Gasteiger partial charge in [-0.2, -0.15) is 5.10 Å². The number of carboxylic acid groups (broad SMARTS) is 1. The van der Waals surface area contributed by atoms with Gasteiger partial charge in [-0.05, 0) is 24.8 Å². The number of rotatable bonds is 6. The minimum absolute atomic E-state index is 0.0524. The molecule has 1 aliphatic carbocycles. The molecular weight excluding hydrogens is 258 g/mol. The van der Waals surface area contributed by atoms with E-state index in [1.165, 1.54) is 12.8 Å². The van der Waals surface area contributed by atoms with E-state index in [1.54, 1.807) is 13.0 Å². The third-order valence-corrected chi connectivity index (χ3v) is 3.67. The van der Waals surface area contributed by atoms with Crippen molar-refractivity contribution in [3.05, 3.63) is 18.0 Å². The molecule has 0 aromatic carbocycles. The van der Waals surface area contributed by atoms with Crippen LogP contribution in [-0.4, -0.2) is 33.3 Å². The summed E-state index contributed by atoms with van der Waals surface area (Å²) in [6, 6.07) is 2.14. The summed E-state index contributed by atoms with van der Waals surface area (Å²) >= 11 is 0. The van der Waals surface area contributed by atoms with Gasteiger partial charge in [0.1, 0.15) is 5.69 Å². The number of carbonyl (C=O) groups is 2. The third kappa shape index (κ3) is 3.82. The molecule has 2 rings (SSSR count). The molecule has 110 valence electrons. The molecule has 2 N–H and O–H groups in total. The minimum atomic E-state index is -0.850. The number of hydrogen-bond acceptors (Lipinski definition) is 3. The van der Waals surface area contributed by atoms with Gasteiger partial charge in [0.2, 0.25) is 0 Å². The lowest BCUT2D eigenvalue weighted by Crippen LogP contribution is -2.29. The van der Waals surface area contributed by atoms with E-state index >= 15 is 0 Å². The molecule has 1 heterocycles. The number of nitrogens with zero attached hydrogens (tertiary/aromatic N) is 2. The number of amides is 1. The topological polar surface area (TPSA) is 84.2 Å². The summed E-state index contributed by atoms with van der Waals surface area (Å²) in [4.78, 5) is 22.5. The van der Waals surface area contributed by atoms with Gasteiger partial charge >= 0.3 is 5.97 Å². The smallest absolute Gasteiger partial charge is 0.303 e. The summed E-state index contributed by atoms with van der Waals surface area (Å²) in [6.45, 7) is 2.15. The number of hydrogen-bond donors (Lipinski definition) is 2. The number of carbonyl (C=O) groups excluding carboxylic acids is 1. The van der Waals surface area contributed by atoms with Crippen LogP contribution in [0.25, 0.3) is 0 Å². The Labute approximate surface area is 118 Å². The maximum atomic E-state index is 11.9. The zero-order valence-electron chi connectivity index (χ0n) is 11.7. The van der Waals surface area contributed by atoms with Gasteiger partial charge in [0.15, 0.2) is 0 Å². The van der Waals surface area contributed by atoms with Gasteiger partial charge in [-0.1, -0.05) is 19.8 Å². The zero-order valence-corrected chi connectivity index (χ0v) is 11.7. The highest BCUT2D eigenvalue weighted by atomic mass is 16.4. The van der Waals surface area contributed by atoms with E-state index in [0.717, 1.165) is 12.8 Å². The Balaban J connectivity index is 1.84. The van der Waals surface area contributed by atoms with Crippen molar-refractivity contribution in [2.45, 2.75) is 45.1 Å². The van der Waals surface area contributed by atoms with Crippen molar-refractivity contribution in [2.75, 3.05) is 6.54 Å². The molecule has 1 saturated carbocycles. The molecule has 0 radical (unpaired) electrons.